The number of hydrogen-bond acceptors (Lipinski definition) is 5. The van der Waals surface area contributed by atoms with E-state index in [4.69, 9.17) is 9.72 Å². The number of morpholine rings is 1. The van der Waals surface area contributed by atoms with Crippen LogP contribution in [-0.4, -0.2) is 42.1 Å². The summed E-state index contributed by atoms with van der Waals surface area (Å²) in [5.41, 5.74) is 3.86. The predicted molar refractivity (Wildman–Crippen MR) is 109 cm³/mol. The van der Waals surface area contributed by atoms with Crippen LogP contribution in [0.1, 0.15) is 58.2 Å². The monoisotopic (exact) mass is 385 g/mol. The van der Waals surface area contributed by atoms with E-state index < -0.39 is 0 Å². The number of carbonyl (C=O) groups is 1. The van der Waals surface area contributed by atoms with Crippen molar-refractivity contribution in [2.24, 2.45) is 0 Å². The third-order valence-electron chi connectivity index (χ3n) is 5.60. The third-order valence-corrected chi connectivity index (χ3v) is 6.65. The Hall–Kier alpha value is -1.92. The Bertz CT molecular complexity index is 792. The van der Waals surface area contributed by atoms with E-state index in [2.05, 4.69) is 10.7 Å². The maximum Gasteiger partial charge on any atom is 0.254 e. The molecule has 1 aliphatic carbocycles. The van der Waals surface area contributed by atoms with Crippen LogP contribution in [0.2, 0.25) is 0 Å². The number of rotatable bonds is 5. The highest BCUT2D eigenvalue weighted by Gasteiger charge is 2.22. The van der Waals surface area contributed by atoms with Gasteiger partial charge in [0.15, 0.2) is 0 Å². The Morgan fingerprint density at radius 3 is 2.85 bits per heavy atom. The molecule has 2 aromatic rings. The molecule has 6 heteroatoms. The number of benzene rings is 1. The number of amides is 1. The molecule has 2 fully saturated rings. The van der Waals surface area contributed by atoms with Crippen molar-refractivity contribution in [1.82, 2.24) is 9.88 Å². The topological polar surface area (TPSA) is 54.5 Å². The first-order valence-electron chi connectivity index (χ1n) is 9.87. The second-order valence-electron chi connectivity index (χ2n) is 7.39. The second kappa shape index (κ2) is 8.40. The fourth-order valence-corrected chi connectivity index (χ4v) is 4.94. The maximum atomic E-state index is 12.8. The predicted octanol–water partition coefficient (Wildman–Crippen LogP) is 4.19. The molecule has 144 valence electrons. The number of hydrogen-bond donors (Lipinski definition) is 1. The van der Waals surface area contributed by atoms with Crippen LogP contribution in [0.5, 0.6) is 0 Å². The SMILES string of the molecule is Cc1c(NCc2csc(C3CCCC3)n2)cccc1C(=O)N1CCOCC1. The van der Waals surface area contributed by atoms with Crippen LogP contribution in [0, 0.1) is 6.92 Å². The first-order valence-corrected chi connectivity index (χ1v) is 10.7. The Morgan fingerprint density at radius 2 is 2.07 bits per heavy atom. The molecule has 0 atom stereocenters. The van der Waals surface area contributed by atoms with Crippen LogP contribution >= 0.6 is 11.3 Å². The van der Waals surface area contributed by atoms with E-state index in [-0.39, 0.29) is 5.91 Å². The molecule has 1 N–H and O–H groups in total. The summed E-state index contributed by atoms with van der Waals surface area (Å²) in [6.45, 7) is 5.28. The zero-order valence-corrected chi connectivity index (χ0v) is 16.7. The lowest BCUT2D eigenvalue weighted by atomic mass is 10.0. The maximum absolute atomic E-state index is 12.8. The van der Waals surface area contributed by atoms with Crippen molar-refractivity contribution >= 4 is 22.9 Å². The van der Waals surface area contributed by atoms with Gasteiger partial charge in [-0.15, -0.1) is 11.3 Å². The molecule has 1 aliphatic heterocycles. The van der Waals surface area contributed by atoms with Crippen LogP contribution in [0.3, 0.4) is 0 Å². The fourth-order valence-electron chi connectivity index (χ4n) is 3.95. The van der Waals surface area contributed by atoms with Gasteiger partial charge in [-0.25, -0.2) is 4.98 Å². The van der Waals surface area contributed by atoms with Gasteiger partial charge in [0.05, 0.1) is 30.5 Å². The number of anilines is 1. The van der Waals surface area contributed by atoms with Crippen molar-refractivity contribution in [2.45, 2.75) is 45.1 Å². The van der Waals surface area contributed by atoms with E-state index in [0.29, 0.717) is 38.8 Å². The number of ether oxygens (including phenoxy) is 1. The molecule has 5 nitrogen and oxygen atoms in total. The minimum absolute atomic E-state index is 0.0941. The molecule has 1 saturated heterocycles. The van der Waals surface area contributed by atoms with Gasteiger partial charge in [-0.05, 0) is 37.5 Å². The largest absolute Gasteiger partial charge is 0.379 e. The van der Waals surface area contributed by atoms with Gasteiger partial charge in [0.1, 0.15) is 0 Å². The van der Waals surface area contributed by atoms with E-state index in [0.717, 1.165) is 22.5 Å². The van der Waals surface area contributed by atoms with E-state index in [1.54, 1.807) is 11.3 Å². The number of thiazole rings is 1. The number of carbonyl (C=O) groups excluding carboxylic acids is 1. The molecule has 1 amide bonds. The summed E-state index contributed by atoms with van der Waals surface area (Å²) in [5, 5.41) is 6.93. The van der Waals surface area contributed by atoms with E-state index in [1.165, 1.54) is 30.7 Å². The molecule has 1 saturated carbocycles. The number of aromatic nitrogens is 1. The molecule has 0 spiro atoms. The molecular weight excluding hydrogens is 358 g/mol. The Labute approximate surface area is 164 Å². The van der Waals surface area contributed by atoms with Gasteiger partial charge in [-0.2, -0.15) is 0 Å². The Kier molecular flexibility index (Phi) is 5.74. The lowest BCUT2D eigenvalue weighted by Gasteiger charge is -2.27. The quantitative estimate of drug-likeness (QED) is 0.838. The van der Waals surface area contributed by atoms with E-state index in [1.807, 2.05) is 30.0 Å². The molecule has 4 rings (SSSR count). The average molecular weight is 386 g/mol. The summed E-state index contributed by atoms with van der Waals surface area (Å²) in [5.74, 6) is 0.761. The van der Waals surface area contributed by atoms with Crippen molar-refractivity contribution in [1.29, 1.82) is 0 Å². The van der Waals surface area contributed by atoms with Gasteiger partial charge in [-0.1, -0.05) is 18.9 Å². The lowest BCUT2D eigenvalue weighted by Crippen LogP contribution is -2.41. The van der Waals surface area contributed by atoms with Crippen LogP contribution in [0.25, 0.3) is 0 Å². The second-order valence-corrected chi connectivity index (χ2v) is 8.28. The summed E-state index contributed by atoms with van der Waals surface area (Å²) in [6.07, 6.45) is 5.23. The van der Waals surface area contributed by atoms with Gasteiger partial charge in [0.2, 0.25) is 0 Å². The van der Waals surface area contributed by atoms with Crippen LogP contribution in [0.15, 0.2) is 23.6 Å². The van der Waals surface area contributed by atoms with E-state index in [9.17, 15) is 4.79 Å². The third kappa shape index (κ3) is 4.17. The fraction of sp³-hybridized carbons (Fsp3) is 0.524. The standard InChI is InChI=1S/C21H27N3O2S/c1-15-18(21(25)24-9-11-26-12-10-24)7-4-8-19(15)22-13-17-14-27-20(23-17)16-5-2-3-6-16/h4,7-8,14,16,22H,2-3,5-6,9-13H2,1H3. The highest BCUT2D eigenvalue weighted by molar-refractivity contribution is 7.09. The van der Waals surface area contributed by atoms with Crippen LogP contribution in [0.4, 0.5) is 5.69 Å². The molecule has 2 heterocycles. The molecule has 0 bridgehead atoms. The van der Waals surface area contributed by atoms with Crippen molar-refractivity contribution in [3.8, 4) is 0 Å². The van der Waals surface area contributed by atoms with Gasteiger partial charge in [0, 0.05) is 35.6 Å². The highest BCUT2D eigenvalue weighted by atomic mass is 32.1. The lowest BCUT2D eigenvalue weighted by molar-refractivity contribution is 0.0302. The van der Waals surface area contributed by atoms with Gasteiger partial charge in [0.25, 0.3) is 5.91 Å². The molecule has 2 aliphatic rings. The first kappa shape index (κ1) is 18.4. The van der Waals surface area contributed by atoms with E-state index >= 15 is 0 Å². The number of nitrogens with one attached hydrogen (secondary N) is 1. The Balaban J connectivity index is 1.42. The van der Waals surface area contributed by atoms with Crippen molar-refractivity contribution in [3.63, 3.8) is 0 Å². The average Bonchev–Trinajstić information content (AvgIpc) is 3.39. The van der Waals surface area contributed by atoms with Crippen molar-refractivity contribution in [3.05, 3.63) is 45.4 Å². The molecule has 0 radical (unpaired) electrons. The first-order chi connectivity index (χ1) is 13.2. The molecule has 0 unspecified atom stereocenters. The summed E-state index contributed by atoms with van der Waals surface area (Å²) < 4.78 is 5.35. The van der Waals surface area contributed by atoms with Crippen LogP contribution < -0.4 is 5.32 Å². The zero-order valence-electron chi connectivity index (χ0n) is 15.9. The molecule has 1 aromatic carbocycles. The zero-order chi connectivity index (χ0) is 18.6. The normalized spacial score (nSPS) is 18.0. The summed E-state index contributed by atoms with van der Waals surface area (Å²) in [7, 11) is 0. The van der Waals surface area contributed by atoms with Gasteiger partial charge in [-0.3, -0.25) is 4.79 Å². The molecule has 27 heavy (non-hydrogen) atoms. The minimum Gasteiger partial charge on any atom is -0.379 e. The van der Waals surface area contributed by atoms with Crippen LogP contribution in [-0.2, 0) is 11.3 Å². The molecule has 1 aromatic heterocycles. The molecular formula is C21H27N3O2S. The summed E-state index contributed by atoms with van der Waals surface area (Å²) in [6, 6.07) is 5.91. The minimum atomic E-state index is 0.0941. The number of nitrogens with zero attached hydrogens (tertiary/aromatic N) is 2. The summed E-state index contributed by atoms with van der Waals surface area (Å²) >= 11 is 1.79. The Morgan fingerprint density at radius 1 is 1.30 bits per heavy atom. The summed E-state index contributed by atoms with van der Waals surface area (Å²) in [4.78, 5) is 19.5. The smallest absolute Gasteiger partial charge is 0.254 e. The van der Waals surface area contributed by atoms with Crippen molar-refractivity contribution < 1.29 is 9.53 Å². The van der Waals surface area contributed by atoms with Gasteiger partial charge < -0.3 is 15.0 Å². The van der Waals surface area contributed by atoms with Gasteiger partial charge >= 0.3 is 0 Å². The van der Waals surface area contributed by atoms with Crippen molar-refractivity contribution in [2.75, 3.05) is 31.6 Å². The highest BCUT2D eigenvalue weighted by Crippen LogP contribution is 2.35.